The average molecular weight is 275 g/mol. The first-order valence-corrected chi connectivity index (χ1v) is 7.25. The van der Waals surface area contributed by atoms with Crippen LogP contribution in [-0.4, -0.2) is 10.1 Å². The van der Waals surface area contributed by atoms with Gasteiger partial charge < -0.3 is 8.94 Å². The minimum Gasteiger partial charge on any atom is -0.468 e. The molecule has 0 bridgehead atoms. The summed E-state index contributed by atoms with van der Waals surface area (Å²) in [6.07, 6.45) is 4.09. The van der Waals surface area contributed by atoms with Gasteiger partial charge >= 0.3 is 0 Å². The molecule has 2 heterocycles. The van der Waals surface area contributed by atoms with E-state index in [0.29, 0.717) is 24.3 Å². The van der Waals surface area contributed by atoms with Crippen LogP contribution in [0.1, 0.15) is 61.7 Å². The molecule has 20 heavy (non-hydrogen) atoms. The first kappa shape index (κ1) is 13.4. The second kappa shape index (κ2) is 5.40. The second-order valence-corrected chi connectivity index (χ2v) is 5.89. The van der Waals surface area contributed by atoms with Gasteiger partial charge in [-0.15, -0.1) is 0 Å². The third-order valence-electron chi connectivity index (χ3n) is 3.78. The van der Waals surface area contributed by atoms with Gasteiger partial charge in [-0.2, -0.15) is 4.98 Å². The molecule has 0 saturated heterocycles. The second-order valence-electron chi connectivity index (χ2n) is 5.89. The molecule has 2 aromatic rings. The van der Waals surface area contributed by atoms with Crippen molar-refractivity contribution >= 4 is 0 Å². The van der Waals surface area contributed by atoms with Crippen LogP contribution in [0, 0.1) is 12.8 Å². The topological polar surface area (TPSA) is 64.1 Å². The number of aromatic nitrogens is 2. The summed E-state index contributed by atoms with van der Waals surface area (Å²) in [5.74, 6) is 3.40. The zero-order valence-corrected chi connectivity index (χ0v) is 12.2. The number of rotatable bonds is 6. The molecule has 0 radical (unpaired) electrons. The van der Waals surface area contributed by atoms with Gasteiger partial charge in [0.05, 0.1) is 18.8 Å². The predicted octanol–water partition coefficient (Wildman–Crippen LogP) is 3.34. The fourth-order valence-corrected chi connectivity index (χ4v) is 2.28. The Balaban J connectivity index is 1.69. The van der Waals surface area contributed by atoms with Gasteiger partial charge in [-0.3, -0.25) is 5.32 Å². The SMILES string of the molecule is Cc1ccoc1CN[C@H](c1nc(C2CC2)no1)C(C)C. The van der Waals surface area contributed by atoms with E-state index in [1.165, 1.54) is 12.8 Å². The molecular weight excluding hydrogens is 254 g/mol. The molecule has 1 atom stereocenters. The van der Waals surface area contributed by atoms with Gasteiger partial charge in [0, 0.05) is 5.92 Å². The Morgan fingerprint density at radius 3 is 2.80 bits per heavy atom. The highest BCUT2D eigenvalue weighted by Crippen LogP contribution is 2.38. The number of furan rings is 1. The monoisotopic (exact) mass is 275 g/mol. The van der Waals surface area contributed by atoms with Crippen LogP contribution in [0.3, 0.4) is 0 Å². The Bertz CT molecular complexity index is 569. The van der Waals surface area contributed by atoms with E-state index in [4.69, 9.17) is 8.94 Å². The van der Waals surface area contributed by atoms with Crippen LogP contribution in [0.2, 0.25) is 0 Å². The zero-order valence-electron chi connectivity index (χ0n) is 12.2. The van der Waals surface area contributed by atoms with E-state index < -0.39 is 0 Å². The van der Waals surface area contributed by atoms with E-state index in [1.807, 2.05) is 13.0 Å². The Morgan fingerprint density at radius 2 is 2.20 bits per heavy atom. The maximum absolute atomic E-state index is 5.45. The van der Waals surface area contributed by atoms with Crippen molar-refractivity contribution in [2.24, 2.45) is 5.92 Å². The lowest BCUT2D eigenvalue weighted by molar-refractivity contribution is 0.281. The van der Waals surface area contributed by atoms with E-state index in [0.717, 1.165) is 17.1 Å². The summed E-state index contributed by atoms with van der Waals surface area (Å²) >= 11 is 0. The zero-order chi connectivity index (χ0) is 14.1. The summed E-state index contributed by atoms with van der Waals surface area (Å²) in [4.78, 5) is 4.55. The van der Waals surface area contributed by atoms with Crippen LogP contribution in [0.5, 0.6) is 0 Å². The van der Waals surface area contributed by atoms with Gasteiger partial charge in [0.15, 0.2) is 5.82 Å². The van der Waals surface area contributed by atoms with E-state index >= 15 is 0 Å². The molecule has 5 nitrogen and oxygen atoms in total. The molecular formula is C15H21N3O2. The van der Waals surface area contributed by atoms with Crippen LogP contribution in [-0.2, 0) is 6.54 Å². The van der Waals surface area contributed by atoms with Crippen molar-refractivity contribution in [3.05, 3.63) is 35.4 Å². The first-order valence-electron chi connectivity index (χ1n) is 7.25. The Hall–Kier alpha value is -1.62. The van der Waals surface area contributed by atoms with Crippen molar-refractivity contribution < 1.29 is 8.94 Å². The van der Waals surface area contributed by atoms with Crippen LogP contribution in [0.4, 0.5) is 0 Å². The van der Waals surface area contributed by atoms with Crippen LogP contribution in [0.15, 0.2) is 21.3 Å². The van der Waals surface area contributed by atoms with Crippen molar-refractivity contribution in [3.8, 4) is 0 Å². The normalized spacial score (nSPS) is 16.8. The maximum atomic E-state index is 5.45. The molecule has 0 aliphatic heterocycles. The van der Waals surface area contributed by atoms with Crippen molar-refractivity contribution in [3.63, 3.8) is 0 Å². The first-order chi connectivity index (χ1) is 9.65. The van der Waals surface area contributed by atoms with Crippen molar-refractivity contribution in [1.82, 2.24) is 15.5 Å². The Morgan fingerprint density at radius 1 is 1.40 bits per heavy atom. The van der Waals surface area contributed by atoms with Gasteiger partial charge in [-0.25, -0.2) is 0 Å². The predicted molar refractivity (Wildman–Crippen MR) is 74.1 cm³/mol. The van der Waals surface area contributed by atoms with Gasteiger partial charge in [-0.05, 0) is 37.3 Å². The summed E-state index contributed by atoms with van der Waals surface area (Å²) in [6, 6.07) is 2.03. The molecule has 0 amide bonds. The number of aryl methyl sites for hydroxylation is 1. The van der Waals surface area contributed by atoms with Gasteiger partial charge in [0.1, 0.15) is 5.76 Å². The minimum atomic E-state index is 0.0551. The molecule has 0 unspecified atom stereocenters. The molecule has 2 aromatic heterocycles. The van der Waals surface area contributed by atoms with E-state index in [-0.39, 0.29) is 6.04 Å². The molecule has 1 aliphatic carbocycles. The quantitative estimate of drug-likeness (QED) is 0.876. The molecule has 0 aromatic carbocycles. The standard InChI is InChI=1S/C15H21N3O2/c1-9(2)13(16-8-12-10(3)6-7-19-12)15-17-14(18-20-15)11-4-5-11/h6-7,9,11,13,16H,4-5,8H2,1-3H3/t13-/m0/s1. The largest absolute Gasteiger partial charge is 0.468 e. The summed E-state index contributed by atoms with van der Waals surface area (Å²) in [6.45, 7) is 7.01. The van der Waals surface area contributed by atoms with Gasteiger partial charge in [0.25, 0.3) is 0 Å². The lowest BCUT2D eigenvalue weighted by Gasteiger charge is -2.18. The summed E-state index contributed by atoms with van der Waals surface area (Å²) in [5, 5.41) is 7.56. The number of nitrogens with zero attached hydrogens (tertiary/aromatic N) is 2. The molecule has 1 aliphatic rings. The van der Waals surface area contributed by atoms with Crippen molar-refractivity contribution in [2.75, 3.05) is 0 Å². The molecule has 108 valence electrons. The van der Waals surface area contributed by atoms with E-state index in [1.54, 1.807) is 6.26 Å². The lowest BCUT2D eigenvalue weighted by atomic mass is 10.0. The molecule has 1 fully saturated rings. The fourth-order valence-electron chi connectivity index (χ4n) is 2.28. The smallest absolute Gasteiger partial charge is 0.244 e. The highest BCUT2D eigenvalue weighted by Gasteiger charge is 2.31. The number of nitrogens with one attached hydrogen (secondary N) is 1. The third kappa shape index (κ3) is 2.77. The molecule has 1 N–H and O–H groups in total. The van der Waals surface area contributed by atoms with Crippen LogP contribution >= 0.6 is 0 Å². The van der Waals surface area contributed by atoms with Crippen LogP contribution < -0.4 is 5.32 Å². The maximum Gasteiger partial charge on any atom is 0.244 e. The number of hydrogen-bond donors (Lipinski definition) is 1. The Labute approximate surface area is 118 Å². The van der Waals surface area contributed by atoms with E-state index in [9.17, 15) is 0 Å². The van der Waals surface area contributed by atoms with Crippen molar-refractivity contribution in [1.29, 1.82) is 0 Å². The molecule has 0 spiro atoms. The minimum absolute atomic E-state index is 0.0551. The summed E-state index contributed by atoms with van der Waals surface area (Å²) in [7, 11) is 0. The van der Waals surface area contributed by atoms with Gasteiger partial charge in [-0.1, -0.05) is 19.0 Å². The molecule has 1 saturated carbocycles. The average Bonchev–Trinajstić information content (AvgIpc) is 3.01. The lowest BCUT2D eigenvalue weighted by Crippen LogP contribution is -2.25. The fraction of sp³-hybridized carbons (Fsp3) is 0.600. The molecule has 3 rings (SSSR count). The van der Waals surface area contributed by atoms with E-state index in [2.05, 4.69) is 29.3 Å². The molecule has 5 heteroatoms. The van der Waals surface area contributed by atoms with Crippen molar-refractivity contribution in [2.45, 2.75) is 52.1 Å². The summed E-state index contributed by atoms with van der Waals surface area (Å²) < 4.78 is 10.9. The third-order valence-corrected chi connectivity index (χ3v) is 3.78. The van der Waals surface area contributed by atoms with Crippen LogP contribution in [0.25, 0.3) is 0 Å². The van der Waals surface area contributed by atoms with Gasteiger partial charge in [0.2, 0.25) is 5.89 Å². The highest BCUT2D eigenvalue weighted by molar-refractivity contribution is 5.14. The summed E-state index contributed by atoms with van der Waals surface area (Å²) in [5.41, 5.74) is 1.16. The number of hydrogen-bond acceptors (Lipinski definition) is 5. The highest BCUT2D eigenvalue weighted by atomic mass is 16.5. The Kier molecular flexibility index (Phi) is 3.61.